The summed E-state index contributed by atoms with van der Waals surface area (Å²) in [6.45, 7) is 6.13. The molecule has 0 aliphatic heterocycles. The van der Waals surface area contributed by atoms with E-state index in [0.29, 0.717) is 12.1 Å². The number of aryl methyl sites for hydroxylation is 2. The van der Waals surface area contributed by atoms with Crippen molar-refractivity contribution in [3.05, 3.63) is 29.3 Å². The van der Waals surface area contributed by atoms with E-state index in [0.717, 1.165) is 5.56 Å². The van der Waals surface area contributed by atoms with Gasteiger partial charge >= 0.3 is 0 Å². The minimum atomic E-state index is -3.59. The molecule has 1 aromatic rings. The normalized spacial score (nSPS) is 12.3. The van der Waals surface area contributed by atoms with Crippen LogP contribution >= 0.6 is 12.4 Å². The van der Waals surface area contributed by atoms with Crippen molar-refractivity contribution in [2.75, 3.05) is 20.1 Å². The highest BCUT2D eigenvalue weighted by Gasteiger charge is 2.17. The summed E-state index contributed by atoms with van der Waals surface area (Å²) in [5.41, 5.74) is 1.56. The number of carbonyl (C=O) groups is 1. The lowest BCUT2D eigenvalue weighted by atomic mass is 10.2. The quantitative estimate of drug-likeness (QED) is 0.646. The smallest absolute Gasteiger partial charge is 0.240 e. The van der Waals surface area contributed by atoms with E-state index in [4.69, 9.17) is 0 Å². The van der Waals surface area contributed by atoms with Crippen LogP contribution in [0.2, 0.25) is 0 Å². The van der Waals surface area contributed by atoms with Crippen LogP contribution in [0.3, 0.4) is 0 Å². The number of sulfonamides is 1. The van der Waals surface area contributed by atoms with Crippen LogP contribution in [0.25, 0.3) is 0 Å². The van der Waals surface area contributed by atoms with Crippen LogP contribution in [0.15, 0.2) is 23.1 Å². The maximum atomic E-state index is 12.2. The lowest BCUT2D eigenvalue weighted by molar-refractivity contribution is -0.121. The molecule has 132 valence electrons. The Morgan fingerprint density at radius 1 is 1.26 bits per heavy atom. The molecule has 3 N–H and O–H groups in total. The number of carbonyl (C=O) groups excluding carboxylic acids is 1. The van der Waals surface area contributed by atoms with E-state index in [-0.39, 0.29) is 42.2 Å². The van der Waals surface area contributed by atoms with Crippen LogP contribution in [0.1, 0.15) is 24.5 Å². The third kappa shape index (κ3) is 7.30. The summed E-state index contributed by atoms with van der Waals surface area (Å²) >= 11 is 0. The van der Waals surface area contributed by atoms with Crippen molar-refractivity contribution < 1.29 is 13.2 Å². The van der Waals surface area contributed by atoms with Crippen LogP contribution < -0.4 is 15.4 Å². The van der Waals surface area contributed by atoms with E-state index in [1.54, 1.807) is 19.1 Å². The van der Waals surface area contributed by atoms with Gasteiger partial charge < -0.3 is 10.6 Å². The number of hydrogen-bond donors (Lipinski definition) is 3. The Kier molecular flexibility index (Phi) is 9.38. The second-order valence-corrected chi connectivity index (χ2v) is 7.15. The second-order valence-electron chi connectivity index (χ2n) is 5.41. The zero-order chi connectivity index (χ0) is 16.8. The number of likely N-dealkylation sites (N-methyl/N-ethyl adjacent to an activating group) is 1. The van der Waals surface area contributed by atoms with Crippen LogP contribution in [0.4, 0.5) is 0 Å². The van der Waals surface area contributed by atoms with Gasteiger partial charge in [-0.05, 0) is 45.0 Å². The topological polar surface area (TPSA) is 87.3 Å². The maximum absolute atomic E-state index is 12.2. The van der Waals surface area contributed by atoms with Crippen molar-refractivity contribution in [2.45, 2.75) is 38.1 Å². The first-order valence-corrected chi connectivity index (χ1v) is 8.75. The van der Waals surface area contributed by atoms with E-state index < -0.39 is 10.0 Å². The Bertz CT molecular complexity index is 620. The van der Waals surface area contributed by atoms with Gasteiger partial charge in [-0.15, -0.1) is 12.4 Å². The number of nitrogens with one attached hydrogen (secondary N) is 3. The molecule has 0 heterocycles. The molecule has 0 aliphatic rings. The molecule has 1 rings (SSSR count). The molecule has 0 bridgehead atoms. The number of hydrogen-bond acceptors (Lipinski definition) is 4. The van der Waals surface area contributed by atoms with Crippen LogP contribution in [0.5, 0.6) is 0 Å². The summed E-state index contributed by atoms with van der Waals surface area (Å²) in [5, 5.41) is 5.75. The van der Waals surface area contributed by atoms with Gasteiger partial charge in [-0.2, -0.15) is 0 Å². The highest BCUT2D eigenvalue weighted by molar-refractivity contribution is 7.89. The Labute approximate surface area is 144 Å². The zero-order valence-corrected chi connectivity index (χ0v) is 15.6. The molecule has 0 spiro atoms. The lowest BCUT2D eigenvalue weighted by Crippen LogP contribution is -2.38. The average Bonchev–Trinajstić information content (AvgIpc) is 2.46. The number of halogens is 1. The summed E-state index contributed by atoms with van der Waals surface area (Å²) in [6.07, 6.45) is 0.112. The molecule has 0 aromatic heterocycles. The molecule has 6 nitrogen and oxygen atoms in total. The van der Waals surface area contributed by atoms with Crippen molar-refractivity contribution in [1.29, 1.82) is 0 Å². The van der Waals surface area contributed by atoms with E-state index in [1.165, 1.54) is 0 Å². The first-order valence-electron chi connectivity index (χ1n) is 7.27. The standard InChI is InChI=1S/C15H25N3O3S.ClH/c1-11-5-6-12(2)14(9-11)22(20,21)18-8-7-15(19)17-10-13(3)16-4;/h5-6,9,13,16,18H,7-8,10H2,1-4H3,(H,17,19);1H. The van der Waals surface area contributed by atoms with Gasteiger partial charge in [0, 0.05) is 25.6 Å². The molecule has 1 atom stereocenters. The molecule has 1 aromatic carbocycles. The molecule has 1 amide bonds. The molecule has 0 fully saturated rings. The Morgan fingerprint density at radius 3 is 2.52 bits per heavy atom. The molecule has 1 unspecified atom stereocenters. The van der Waals surface area contributed by atoms with E-state index in [1.807, 2.05) is 27.0 Å². The molecule has 0 radical (unpaired) electrons. The largest absolute Gasteiger partial charge is 0.355 e. The SMILES string of the molecule is CNC(C)CNC(=O)CCNS(=O)(=O)c1cc(C)ccc1C.Cl. The number of amides is 1. The minimum absolute atomic E-state index is 0. The first kappa shape index (κ1) is 21.9. The fourth-order valence-electron chi connectivity index (χ4n) is 1.83. The van der Waals surface area contributed by atoms with Gasteiger partial charge in [0.1, 0.15) is 0 Å². The predicted octanol–water partition coefficient (Wildman–Crippen LogP) is 1.12. The van der Waals surface area contributed by atoms with Crippen LogP contribution in [-0.4, -0.2) is 40.5 Å². The average molecular weight is 364 g/mol. The Morgan fingerprint density at radius 2 is 1.91 bits per heavy atom. The first-order chi connectivity index (χ1) is 10.3. The van der Waals surface area contributed by atoms with Gasteiger partial charge in [0.25, 0.3) is 0 Å². The fourth-order valence-corrected chi connectivity index (χ4v) is 3.19. The third-order valence-electron chi connectivity index (χ3n) is 3.38. The Hall–Kier alpha value is -1.15. The van der Waals surface area contributed by atoms with Gasteiger partial charge in [-0.3, -0.25) is 4.79 Å². The zero-order valence-electron chi connectivity index (χ0n) is 14.0. The summed E-state index contributed by atoms with van der Waals surface area (Å²) in [6, 6.07) is 5.45. The van der Waals surface area contributed by atoms with Gasteiger partial charge in [-0.1, -0.05) is 12.1 Å². The van der Waals surface area contributed by atoms with Gasteiger partial charge in [0.05, 0.1) is 4.90 Å². The van der Waals surface area contributed by atoms with Crippen LogP contribution in [-0.2, 0) is 14.8 Å². The molecule has 23 heavy (non-hydrogen) atoms. The fraction of sp³-hybridized carbons (Fsp3) is 0.533. The second kappa shape index (κ2) is 9.87. The van der Waals surface area contributed by atoms with Crippen molar-refractivity contribution >= 4 is 28.3 Å². The lowest BCUT2D eigenvalue weighted by Gasteiger charge is -2.12. The van der Waals surface area contributed by atoms with E-state index in [2.05, 4.69) is 15.4 Å². The maximum Gasteiger partial charge on any atom is 0.240 e. The predicted molar refractivity (Wildman–Crippen MR) is 94.5 cm³/mol. The summed E-state index contributed by atoms with van der Waals surface area (Å²) < 4.78 is 27.0. The third-order valence-corrected chi connectivity index (χ3v) is 4.98. The number of rotatable bonds is 8. The molecular formula is C15H26ClN3O3S. The van der Waals surface area contributed by atoms with Crippen molar-refractivity contribution in [2.24, 2.45) is 0 Å². The van der Waals surface area contributed by atoms with Gasteiger partial charge in [0.2, 0.25) is 15.9 Å². The highest BCUT2D eigenvalue weighted by atomic mass is 35.5. The summed E-state index contributed by atoms with van der Waals surface area (Å²) in [5.74, 6) is -0.175. The van der Waals surface area contributed by atoms with Gasteiger partial charge in [-0.25, -0.2) is 13.1 Å². The minimum Gasteiger partial charge on any atom is -0.355 e. The van der Waals surface area contributed by atoms with Crippen LogP contribution in [0, 0.1) is 13.8 Å². The molecule has 0 saturated carbocycles. The Balaban J connectivity index is 0.00000484. The summed E-state index contributed by atoms with van der Waals surface area (Å²) in [7, 11) is -1.77. The van der Waals surface area contributed by atoms with Crippen molar-refractivity contribution in [3.63, 3.8) is 0 Å². The molecule has 0 aliphatic carbocycles. The monoisotopic (exact) mass is 363 g/mol. The highest BCUT2D eigenvalue weighted by Crippen LogP contribution is 2.16. The van der Waals surface area contributed by atoms with E-state index >= 15 is 0 Å². The summed E-state index contributed by atoms with van der Waals surface area (Å²) in [4.78, 5) is 11.9. The molecular weight excluding hydrogens is 338 g/mol. The molecule has 0 saturated heterocycles. The van der Waals surface area contributed by atoms with Crippen molar-refractivity contribution in [1.82, 2.24) is 15.4 Å². The number of benzene rings is 1. The molecule has 8 heteroatoms. The van der Waals surface area contributed by atoms with Gasteiger partial charge in [0.15, 0.2) is 0 Å². The van der Waals surface area contributed by atoms with Crippen molar-refractivity contribution in [3.8, 4) is 0 Å². The van der Waals surface area contributed by atoms with E-state index in [9.17, 15) is 13.2 Å².